The van der Waals surface area contributed by atoms with Crippen molar-refractivity contribution in [3.63, 3.8) is 0 Å². The largest absolute Gasteiger partial charge is 0.497 e. The van der Waals surface area contributed by atoms with Crippen molar-refractivity contribution in [2.24, 2.45) is 11.8 Å². The van der Waals surface area contributed by atoms with Gasteiger partial charge in [-0.3, -0.25) is 4.79 Å². The van der Waals surface area contributed by atoms with Crippen molar-refractivity contribution in [2.45, 2.75) is 82.1 Å². The standard InChI is InChI=1S/C50H60N6O8S2/c1-32(2)28-55(66(62,63)37-22-20-36(64-6)21-23-37)30-45(57)43(26-34-14-8-7-9-15-34)52-47(58)46(33(3)4)56-25-24-54(49(56)59)29-35-31-65-48(51-35)44(53(5)50(60)61)27-42-40-18-12-10-16-38(40)39-17-11-13-19-41(39)42/h7-23,31-33,42-46,57H,24-30H2,1-6H3,(H,52,58)(H,60,61)/t43-,44?,45+,46-/m0/s1. The molecule has 0 spiro atoms. The Morgan fingerprint density at radius 2 is 1.52 bits per heavy atom. The van der Waals surface area contributed by atoms with E-state index in [-0.39, 0.29) is 61.3 Å². The number of hydrogen-bond donors (Lipinski definition) is 3. The molecule has 1 aliphatic carbocycles. The van der Waals surface area contributed by atoms with Crippen molar-refractivity contribution >= 4 is 39.4 Å². The van der Waals surface area contributed by atoms with Gasteiger partial charge in [-0.05, 0) is 76.8 Å². The van der Waals surface area contributed by atoms with E-state index < -0.39 is 46.3 Å². The molecule has 2 heterocycles. The Bertz CT molecular complexity index is 2540. The predicted octanol–water partition coefficient (Wildman–Crippen LogP) is 7.70. The van der Waals surface area contributed by atoms with E-state index in [4.69, 9.17) is 9.72 Å². The number of sulfonamides is 1. The average Bonchev–Trinajstić information content (AvgIpc) is 4.00. The van der Waals surface area contributed by atoms with E-state index in [9.17, 15) is 33.0 Å². The number of fused-ring (bicyclic) bond motifs is 3. The van der Waals surface area contributed by atoms with Gasteiger partial charge in [0.05, 0.1) is 42.4 Å². The molecule has 1 unspecified atom stereocenters. The first-order valence-corrected chi connectivity index (χ1v) is 24.7. The van der Waals surface area contributed by atoms with Crippen molar-refractivity contribution in [1.29, 1.82) is 0 Å². The summed E-state index contributed by atoms with van der Waals surface area (Å²) < 4.78 is 34.5. The molecule has 4 amide bonds. The summed E-state index contributed by atoms with van der Waals surface area (Å²) in [7, 11) is -0.993. The lowest BCUT2D eigenvalue weighted by molar-refractivity contribution is -0.128. The molecule has 4 atom stereocenters. The van der Waals surface area contributed by atoms with Gasteiger partial charge in [-0.1, -0.05) is 107 Å². The number of methoxy groups -OCH3 is 1. The Balaban J connectivity index is 1.07. The molecule has 4 aromatic carbocycles. The number of amides is 4. The van der Waals surface area contributed by atoms with Crippen LogP contribution in [0, 0.1) is 11.8 Å². The number of aromatic nitrogens is 1. The smallest absolute Gasteiger partial charge is 0.407 e. The molecule has 1 aromatic heterocycles. The van der Waals surface area contributed by atoms with E-state index in [2.05, 4.69) is 29.6 Å². The number of carbonyl (C=O) groups is 3. The summed E-state index contributed by atoms with van der Waals surface area (Å²) in [5.41, 5.74) is 6.04. The number of benzene rings is 4. The lowest BCUT2D eigenvalue weighted by atomic mass is 9.90. The number of aliphatic hydroxyl groups is 1. The summed E-state index contributed by atoms with van der Waals surface area (Å²) in [4.78, 5) is 50.7. The number of nitrogens with zero attached hydrogens (tertiary/aromatic N) is 5. The molecule has 350 valence electrons. The van der Waals surface area contributed by atoms with Gasteiger partial charge < -0.3 is 35.0 Å². The van der Waals surface area contributed by atoms with Crippen LogP contribution in [0.1, 0.15) is 73.5 Å². The molecule has 66 heavy (non-hydrogen) atoms. The summed E-state index contributed by atoms with van der Waals surface area (Å²) in [6.45, 7) is 8.13. The van der Waals surface area contributed by atoms with Crippen LogP contribution in [0.4, 0.5) is 9.59 Å². The topological polar surface area (TPSA) is 173 Å². The molecule has 3 N–H and O–H groups in total. The van der Waals surface area contributed by atoms with Crippen LogP contribution in [-0.4, -0.2) is 119 Å². The minimum atomic E-state index is -4.06. The average molecular weight is 937 g/mol. The molecule has 1 aliphatic heterocycles. The third-order valence-electron chi connectivity index (χ3n) is 12.5. The van der Waals surface area contributed by atoms with Gasteiger partial charge in [0.25, 0.3) is 0 Å². The molecule has 0 saturated carbocycles. The number of ether oxygens (including phenoxy) is 1. The van der Waals surface area contributed by atoms with Crippen LogP contribution >= 0.6 is 11.3 Å². The quantitative estimate of drug-likeness (QED) is 0.0707. The van der Waals surface area contributed by atoms with E-state index in [1.165, 1.54) is 39.8 Å². The van der Waals surface area contributed by atoms with E-state index in [1.807, 2.05) is 87.7 Å². The zero-order valence-corrected chi connectivity index (χ0v) is 39.9. The fourth-order valence-corrected chi connectivity index (χ4v) is 11.8. The molecule has 0 radical (unpaired) electrons. The van der Waals surface area contributed by atoms with Gasteiger partial charge in [-0.15, -0.1) is 11.3 Å². The summed E-state index contributed by atoms with van der Waals surface area (Å²) >= 11 is 1.37. The minimum absolute atomic E-state index is 0.0378. The molecule has 5 aromatic rings. The lowest BCUT2D eigenvalue weighted by Crippen LogP contribution is -2.57. The second-order valence-corrected chi connectivity index (χ2v) is 20.7. The molecule has 1 fully saturated rings. The first kappa shape index (κ1) is 48.1. The van der Waals surface area contributed by atoms with Crippen LogP contribution in [0.25, 0.3) is 11.1 Å². The van der Waals surface area contributed by atoms with Gasteiger partial charge in [-0.25, -0.2) is 23.0 Å². The number of carbonyl (C=O) groups excluding carboxylic acids is 2. The Hall–Kier alpha value is -5.81. The number of carboxylic acid groups (broad SMARTS) is 1. The van der Waals surface area contributed by atoms with Crippen molar-refractivity contribution < 1.29 is 37.8 Å². The molecule has 1 saturated heterocycles. The fraction of sp³-hybridized carbons (Fsp3) is 0.400. The van der Waals surface area contributed by atoms with Crippen molar-refractivity contribution in [3.8, 4) is 16.9 Å². The summed E-state index contributed by atoms with van der Waals surface area (Å²) in [6, 6.07) is 29.2. The Morgan fingerprint density at radius 3 is 2.11 bits per heavy atom. The highest BCUT2D eigenvalue weighted by atomic mass is 32.2. The normalized spacial score (nSPS) is 15.8. The fourth-order valence-electron chi connectivity index (χ4n) is 9.18. The third kappa shape index (κ3) is 10.6. The van der Waals surface area contributed by atoms with Crippen molar-refractivity contribution in [2.75, 3.05) is 40.3 Å². The van der Waals surface area contributed by atoms with E-state index >= 15 is 0 Å². The monoisotopic (exact) mass is 936 g/mol. The van der Waals surface area contributed by atoms with Crippen LogP contribution in [0.2, 0.25) is 0 Å². The number of hydrogen-bond acceptors (Lipinski definition) is 9. The zero-order chi connectivity index (χ0) is 47.3. The van der Waals surface area contributed by atoms with E-state index in [0.717, 1.165) is 27.8 Å². The first-order valence-electron chi connectivity index (χ1n) is 22.4. The second kappa shape index (κ2) is 20.8. The number of rotatable bonds is 20. The van der Waals surface area contributed by atoms with Gasteiger partial charge in [0.1, 0.15) is 16.8 Å². The van der Waals surface area contributed by atoms with Gasteiger partial charge >= 0.3 is 12.1 Å². The Kier molecular flexibility index (Phi) is 15.2. The molecule has 2 aliphatic rings. The molecular formula is C50H60N6O8S2. The van der Waals surface area contributed by atoms with Crippen LogP contribution in [0.15, 0.2) is 113 Å². The summed E-state index contributed by atoms with van der Waals surface area (Å²) in [5, 5.41) is 27.7. The summed E-state index contributed by atoms with van der Waals surface area (Å²) in [6.07, 6.45) is -1.69. The lowest BCUT2D eigenvalue weighted by Gasteiger charge is -2.34. The maximum absolute atomic E-state index is 14.5. The molecule has 0 bridgehead atoms. The van der Waals surface area contributed by atoms with Crippen molar-refractivity contribution in [3.05, 3.63) is 136 Å². The number of aliphatic hydroxyl groups excluding tert-OH is 1. The minimum Gasteiger partial charge on any atom is -0.497 e. The maximum Gasteiger partial charge on any atom is 0.407 e. The Labute approximate surface area is 391 Å². The molecule has 16 heteroatoms. The van der Waals surface area contributed by atoms with Gasteiger partial charge in [0.15, 0.2) is 0 Å². The highest BCUT2D eigenvalue weighted by Crippen LogP contribution is 2.49. The second-order valence-electron chi connectivity index (χ2n) is 17.9. The third-order valence-corrected chi connectivity index (χ3v) is 15.3. The zero-order valence-electron chi connectivity index (χ0n) is 38.3. The predicted molar refractivity (Wildman–Crippen MR) is 255 cm³/mol. The van der Waals surface area contributed by atoms with Crippen LogP contribution in [0.5, 0.6) is 5.75 Å². The highest BCUT2D eigenvalue weighted by molar-refractivity contribution is 7.89. The SMILES string of the molecule is COc1ccc(S(=O)(=O)N(CC(C)C)C[C@@H](O)[C@H](Cc2ccccc2)NC(=O)[C@H](C(C)C)N2CCN(Cc3csc(C(CC4c5ccccc5-c5ccccc54)N(C)C(=O)O)n3)C2=O)cc1. The van der Waals surface area contributed by atoms with Crippen LogP contribution in [0.3, 0.4) is 0 Å². The summed E-state index contributed by atoms with van der Waals surface area (Å²) in [5.74, 6) is -0.378. The number of thiazole rings is 1. The van der Waals surface area contributed by atoms with Gasteiger partial charge in [0.2, 0.25) is 15.9 Å². The number of urea groups is 1. The molecule has 7 rings (SSSR count). The van der Waals surface area contributed by atoms with Crippen molar-refractivity contribution in [1.82, 2.24) is 29.3 Å². The molecular weight excluding hydrogens is 877 g/mol. The van der Waals surface area contributed by atoms with Gasteiger partial charge in [0, 0.05) is 44.5 Å². The number of nitrogens with one attached hydrogen (secondary N) is 1. The van der Waals surface area contributed by atoms with E-state index in [0.29, 0.717) is 29.4 Å². The van der Waals surface area contributed by atoms with E-state index in [1.54, 1.807) is 29.0 Å². The van der Waals surface area contributed by atoms with Gasteiger partial charge in [-0.2, -0.15) is 4.31 Å². The maximum atomic E-state index is 14.5. The Morgan fingerprint density at radius 1 is 0.894 bits per heavy atom. The van der Waals surface area contributed by atoms with Crippen LogP contribution < -0.4 is 10.1 Å². The first-order chi connectivity index (χ1) is 31.6. The van der Waals surface area contributed by atoms with Crippen LogP contribution in [-0.2, 0) is 27.8 Å². The highest BCUT2D eigenvalue weighted by Gasteiger charge is 2.41. The molecule has 14 nitrogen and oxygen atoms in total.